The minimum atomic E-state index is -0.529. The summed E-state index contributed by atoms with van der Waals surface area (Å²) >= 11 is 0. The summed E-state index contributed by atoms with van der Waals surface area (Å²) in [4.78, 5) is 4.21. The summed E-state index contributed by atoms with van der Waals surface area (Å²) in [7, 11) is 0. The van der Waals surface area contributed by atoms with E-state index in [1.807, 2.05) is 19.9 Å². The molecular formula is C11H17NO2. The van der Waals surface area contributed by atoms with Crippen molar-refractivity contribution < 1.29 is 10.2 Å². The van der Waals surface area contributed by atoms with Crippen molar-refractivity contribution in [2.24, 2.45) is 0 Å². The van der Waals surface area contributed by atoms with Crippen molar-refractivity contribution in [3.63, 3.8) is 0 Å². The molecule has 0 spiro atoms. The lowest BCUT2D eigenvalue weighted by atomic mass is 10.1. The largest absolute Gasteiger partial charge is 0.387 e. The van der Waals surface area contributed by atoms with Crippen LogP contribution in [0.2, 0.25) is 0 Å². The molecule has 0 aliphatic heterocycles. The van der Waals surface area contributed by atoms with Crippen LogP contribution in [0.15, 0.2) is 18.2 Å². The van der Waals surface area contributed by atoms with Crippen molar-refractivity contribution in [2.45, 2.75) is 38.9 Å². The number of pyridine rings is 1. The lowest BCUT2D eigenvalue weighted by Gasteiger charge is -2.11. The molecule has 1 aromatic rings. The van der Waals surface area contributed by atoms with Crippen LogP contribution in [0, 0.1) is 0 Å². The topological polar surface area (TPSA) is 53.4 Å². The van der Waals surface area contributed by atoms with Crippen molar-refractivity contribution in [1.82, 2.24) is 4.98 Å². The van der Waals surface area contributed by atoms with Crippen molar-refractivity contribution in [1.29, 1.82) is 0 Å². The van der Waals surface area contributed by atoms with Gasteiger partial charge in [0.1, 0.15) is 0 Å². The number of aliphatic hydroxyl groups is 2. The van der Waals surface area contributed by atoms with Crippen LogP contribution in [0.3, 0.4) is 0 Å². The first-order chi connectivity index (χ1) is 6.69. The Morgan fingerprint density at radius 2 is 1.50 bits per heavy atom. The van der Waals surface area contributed by atoms with Crippen LogP contribution in [-0.4, -0.2) is 15.2 Å². The van der Waals surface area contributed by atoms with Crippen molar-refractivity contribution >= 4 is 0 Å². The highest BCUT2D eigenvalue weighted by Crippen LogP contribution is 2.18. The summed E-state index contributed by atoms with van der Waals surface area (Å²) in [6.45, 7) is 3.80. The lowest BCUT2D eigenvalue weighted by Crippen LogP contribution is -2.04. The number of nitrogens with zero attached hydrogens (tertiary/aromatic N) is 1. The lowest BCUT2D eigenvalue weighted by molar-refractivity contribution is 0.157. The van der Waals surface area contributed by atoms with E-state index in [-0.39, 0.29) is 0 Å². The van der Waals surface area contributed by atoms with Gasteiger partial charge in [-0.05, 0) is 25.0 Å². The smallest absolute Gasteiger partial charge is 0.0957 e. The van der Waals surface area contributed by atoms with E-state index >= 15 is 0 Å². The standard InChI is InChI=1S/C11H17NO2/c1-3-10(13)8-6-5-7-9(12-8)11(14)4-2/h5-7,10-11,13-14H,3-4H2,1-2H3. The summed E-state index contributed by atoms with van der Waals surface area (Å²) in [5.41, 5.74) is 1.27. The Balaban J connectivity index is 2.89. The molecule has 0 saturated carbocycles. The van der Waals surface area contributed by atoms with Crippen LogP contribution in [0.5, 0.6) is 0 Å². The number of aromatic nitrogens is 1. The van der Waals surface area contributed by atoms with Crippen molar-refractivity contribution in [2.75, 3.05) is 0 Å². The van der Waals surface area contributed by atoms with E-state index < -0.39 is 12.2 Å². The summed E-state index contributed by atoms with van der Waals surface area (Å²) < 4.78 is 0. The van der Waals surface area contributed by atoms with Gasteiger partial charge in [0.25, 0.3) is 0 Å². The molecule has 1 heterocycles. The van der Waals surface area contributed by atoms with Crippen LogP contribution in [0.4, 0.5) is 0 Å². The number of hydrogen-bond donors (Lipinski definition) is 2. The molecule has 0 fully saturated rings. The summed E-state index contributed by atoms with van der Waals surface area (Å²) in [5, 5.41) is 19.1. The second-order valence-corrected chi connectivity index (χ2v) is 3.34. The van der Waals surface area contributed by atoms with Gasteiger partial charge in [-0.3, -0.25) is 4.98 Å². The van der Waals surface area contributed by atoms with Gasteiger partial charge in [0.15, 0.2) is 0 Å². The minimum absolute atomic E-state index is 0.529. The fourth-order valence-electron chi connectivity index (χ4n) is 1.26. The van der Waals surface area contributed by atoms with Crippen molar-refractivity contribution in [3.05, 3.63) is 29.6 Å². The Morgan fingerprint density at radius 1 is 1.07 bits per heavy atom. The van der Waals surface area contributed by atoms with E-state index in [0.29, 0.717) is 24.2 Å². The fourth-order valence-corrected chi connectivity index (χ4v) is 1.26. The third-order valence-corrected chi connectivity index (χ3v) is 2.25. The first kappa shape index (κ1) is 11.1. The Morgan fingerprint density at radius 3 is 1.86 bits per heavy atom. The summed E-state index contributed by atoms with van der Waals surface area (Å²) in [6, 6.07) is 5.37. The molecule has 0 radical (unpaired) electrons. The normalized spacial score (nSPS) is 15.1. The molecule has 2 unspecified atom stereocenters. The van der Waals surface area contributed by atoms with Gasteiger partial charge >= 0.3 is 0 Å². The van der Waals surface area contributed by atoms with Crippen LogP contribution < -0.4 is 0 Å². The zero-order valence-electron chi connectivity index (χ0n) is 8.64. The van der Waals surface area contributed by atoms with Gasteiger partial charge in [-0.2, -0.15) is 0 Å². The molecule has 2 N–H and O–H groups in total. The highest BCUT2D eigenvalue weighted by Gasteiger charge is 2.10. The molecule has 1 aromatic heterocycles. The Kier molecular flexibility index (Phi) is 4.04. The predicted octanol–water partition coefficient (Wildman–Crippen LogP) is 1.97. The molecular weight excluding hydrogens is 178 g/mol. The maximum absolute atomic E-state index is 9.56. The van der Waals surface area contributed by atoms with E-state index in [1.54, 1.807) is 12.1 Å². The molecule has 0 bridgehead atoms. The number of aliphatic hydroxyl groups excluding tert-OH is 2. The quantitative estimate of drug-likeness (QED) is 0.772. The van der Waals surface area contributed by atoms with Gasteiger partial charge < -0.3 is 10.2 Å². The summed E-state index contributed by atoms with van der Waals surface area (Å²) in [6.07, 6.45) is 0.218. The molecule has 0 amide bonds. The molecule has 0 aliphatic carbocycles. The van der Waals surface area contributed by atoms with E-state index in [1.165, 1.54) is 0 Å². The van der Waals surface area contributed by atoms with Crippen molar-refractivity contribution in [3.8, 4) is 0 Å². The van der Waals surface area contributed by atoms with Gasteiger partial charge in [0, 0.05) is 0 Å². The fraction of sp³-hybridized carbons (Fsp3) is 0.545. The first-order valence-electron chi connectivity index (χ1n) is 5.02. The molecule has 14 heavy (non-hydrogen) atoms. The highest BCUT2D eigenvalue weighted by molar-refractivity contribution is 5.14. The highest BCUT2D eigenvalue weighted by atomic mass is 16.3. The minimum Gasteiger partial charge on any atom is -0.387 e. The van der Waals surface area contributed by atoms with Gasteiger partial charge in [-0.15, -0.1) is 0 Å². The second kappa shape index (κ2) is 5.08. The molecule has 0 aliphatic rings. The Labute approximate surface area is 84.4 Å². The molecule has 0 aromatic carbocycles. The van der Waals surface area contributed by atoms with Gasteiger partial charge in [-0.25, -0.2) is 0 Å². The molecule has 3 nitrogen and oxygen atoms in total. The zero-order valence-corrected chi connectivity index (χ0v) is 8.64. The van der Waals surface area contributed by atoms with Crippen LogP contribution >= 0.6 is 0 Å². The summed E-state index contributed by atoms with van der Waals surface area (Å²) in [5.74, 6) is 0. The SMILES string of the molecule is CCC(O)c1cccc(C(O)CC)n1. The van der Waals surface area contributed by atoms with E-state index in [2.05, 4.69) is 4.98 Å². The van der Waals surface area contributed by atoms with E-state index in [0.717, 1.165) is 0 Å². The maximum Gasteiger partial charge on any atom is 0.0957 e. The zero-order chi connectivity index (χ0) is 10.6. The van der Waals surface area contributed by atoms with E-state index in [4.69, 9.17) is 0 Å². The Hall–Kier alpha value is -0.930. The molecule has 0 saturated heterocycles. The third kappa shape index (κ3) is 2.53. The number of rotatable bonds is 4. The number of hydrogen-bond acceptors (Lipinski definition) is 3. The monoisotopic (exact) mass is 195 g/mol. The third-order valence-electron chi connectivity index (χ3n) is 2.25. The molecule has 78 valence electrons. The van der Waals surface area contributed by atoms with Crippen LogP contribution in [-0.2, 0) is 0 Å². The molecule has 2 atom stereocenters. The van der Waals surface area contributed by atoms with Crippen LogP contribution in [0.25, 0.3) is 0 Å². The maximum atomic E-state index is 9.56. The average molecular weight is 195 g/mol. The van der Waals surface area contributed by atoms with Gasteiger partial charge in [0.05, 0.1) is 23.6 Å². The average Bonchev–Trinajstić information content (AvgIpc) is 2.27. The molecule has 3 heteroatoms. The Bertz CT molecular complexity index is 263. The van der Waals surface area contributed by atoms with Crippen LogP contribution in [0.1, 0.15) is 50.3 Å². The second-order valence-electron chi connectivity index (χ2n) is 3.34. The van der Waals surface area contributed by atoms with Gasteiger partial charge in [0.2, 0.25) is 0 Å². The van der Waals surface area contributed by atoms with E-state index in [9.17, 15) is 10.2 Å². The van der Waals surface area contributed by atoms with Gasteiger partial charge in [-0.1, -0.05) is 19.9 Å². The first-order valence-corrected chi connectivity index (χ1v) is 5.02. The predicted molar refractivity (Wildman–Crippen MR) is 54.7 cm³/mol. The molecule has 1 rings (SSSR count).